The molecule has 12 heteroatoms. The van der Waals surface area contributed by atoms with E-state index in [4.69, 9.17) is 5.73 Å². The smallest absolute Gasteiger partial charge is 0.346 e. The summed E-state index contributed by atoms with van der Waals surface area (Å²) in [7, 11) is -10.0. The Morgan fingerprint density at radius 1 is 1.12 bits per heavy atom. The third kappa shape index (κ3) is 6.13. The minimum atomic E-state index is -5.02. The van der Waals surface area contributed by atoms with Crippen molar-refractivity contribution in [3.63, 3.8) is 0 Å². The molecule has 0 aromatic heterocycles. The molecule has 0 spiro atoms. The Hall–Kier alpha value is -0.830. The van der Waals surface area contributed by atoms with Crippen LogP contribution in [0.5, 0.6) is 0 Å². The number of rotatable bonds is 12. The van der Waals surface area contributed by atoms with Gasteiger partial charge in [-0.3, -0.25) is 18.8 Å². The molecule has 0 aliphatic heterocycles. The Morgan fingerprint density at radius 3 is 1.76 bits per heavy atom. The van der Waals surface area contributed by atoms with Crippen LogP contribution >= 0.6 is 15.2 Å². The zero-order valence-electron chi connectivity index (χ0n) is 13.9. The van der Waals surface area contributed by atoms with E-state index in [9.17, 15) is 38.6 Å². The van der Waals surface area contributed by atoms with Crippen molar-refractivity contribution >= 4 is 21.2 Å². The van der Waals surface area contributed by atoms with Gasteiger partial charge in [-0.1, -0.05) is 12.2 Å². The maximum atomic E-state index is 11.9. The molecule has 0 aromatic rings. The summed E-state index contributed by atoms with van der Waals surface area (Å²) in [6, 6.07) is 0. The van der Waals surface area contributed by atoms with Crippen molar-refractivity contribution in [2.45, 2.75) is 43.3 Å². The highest BCUT2D eigenvalue weighted by atomic mass is 31.2. The van der Waals surface area contributed by atoms with Gasteiger partial charge in [0, 0.05) is 0 Å². The molecule has 2 unspecified atom stereocenters. The highest BCUT2D eigenvalue weighted by Gasteiger charge is 2.53. The number of nitrogens with two attached hydrogens (primary N) is 1. The standard InChI is InChI=1S/C13H26N2O8P2/c1-4-10(24(18,19)20)15(11(5-2)25(21,22)23)13(3,12(16)17)8-6-7-9-14/h4-5,10-11H,1-2,6-9,14H2,3H3,(H,16,17)(H2,18,19,20)(H2,21,22,23)/t10?,11?,13-/m0/s1. The van der Waals surface area contributed by atoms with Crippen LogP contribution in [-0.2, 0) is 13.9 Å². The van der Waals surface area contributed by atoms with Crippen LogP contribution in [0.25, 0.3) is 0 Å². The molecule has 0 aliphatic carbocycles. The summed E-state index contributed by atoms with van der Waals surface area (Å²) >= 11 is 0. The Bertz CT molecular complexity index is 553. The second-order valence-electron chi connectivity index (χ2n) is 5.71. The first-order chi connectivity index (χ1) is 11.3. The second-order valence-corrected chi connectivity index (χ2v) is 9.12. The number of nitrogens with zero attached hydrogens (tertiary/aromatic N) is 1. The van der Waals surface area contributed by atoms with Crippen molar-refractivity contribution in [2.75, 3.05) is 6.54 Å². The van der Waals surface area contributed by atoms with Crippen molar-refractivity contribution in [3.05, 3.63) is 25.3 Å². The highest BCUT2D eigenvalue weighted by Crippen LogP contribution is 2.54. The molecule has 0 aromatic carbocycles. The molecule has 0 bridgehead atoms. The molecule has 0 radical (unpaired) electrons. The molecule has 0 heterocycles. The van der Waals surface area contributed by atoms with Gasteiger partial charge < -0.3 is 30.4 Å². The lowest BCUT2D eigenvalue weighted by Gasteiger charge is -2.45. The summed E-state index contributed by atoms with van der Waals surface area (Å²) < 4.78 is 23.7. The van der Waals surface area contributed by atoms with Gasteiger partial charge in [-0.25, -0.2) is 0 Å². The summed E-state index contributed by atoms with van der Waals surface area (Å²) in [6.07, 6.45) is 2.11. The molecule has 0 fully saturated rings. The summed E-state index contributed by atoms with van der Waals surface area (Å²) in [6.45, 7) is 7.97. The fourth-order valence-electron chi connectivity index (χ4n) is 2.53. The lowest BCUT2D eigenvalue weighted by molar-refractivity contribution is -0.151. The first-order valence-corrected chi connectivity index (χ1v) is 10.7. The number of aliphatic carboxylic acids is 1. The van der Waals surface area contributed by atoms with E-state index >= 15 is 0 Å². The normalized spacial score (nSPS) is 17.6. The second kappa shape index (κ2) is 9.21. The van der Waals surface area contributed by atoms with E-state index in [1.54, 1.807) is 0 Å². The van der Waals surface area contributed by atoms with Crippen molar-refractivity contribution < 1.29 is 38.6 Å². The van der Waals surface area contributed by atoms with Crippen LogP contribution in [0, 0.1) is 0 Å². The average molecular weight is 400 g/mol. The van der Waals surface area contributed by atoms with Crippen LogP contribution in [0.1, 0.15) is 26.2 Å². The molecular weight excluding hydrogens is 374 g/mol. The van der Waals surface area contributed by atoms with Crippen LogP contribution in [0.4, 0.5) is 0 Å². The lowest BCUT2D eigenvalue weighted by Crippen LogP contribution is -2.59. The monoisotopic (exact) mass is 400 g/mol. The van der Waals surface area contributed by atoms with Crippen molar-refractivity contribution in [1.29, 1.82) is 0 Å². The first-order valence-electron chi connectivity index (χ1n) is 7.34. The molecule has 25 heavy (non-hydrogen) atoms. The highest BCUT2D eigenvalue weighted by molar-refractivity contribution is 7.53. The van der Waals surface area contributed by atoms with Gasteiger partial charge in [0.25, 0.3) is 0 Å². The van der Waals surface area contributed by atoms with Gasteiger partial charge in [-0.2, -0.15) is 0 Å². The van der Waals surface area contributed by atoms with E-state index < -0.39 is 38.3 Å². The molecule has 0 saturated heterocycles. The van der Waals surface area contributed by atoms with Gasteiger partial charge in [0.2, 0.25) is 0 Å². The van der Waals surface area contributed by atoms with Crippen LogP contribution in [0.2, 0.25) is 0 Å². The van der Waals surface area contributed by atoms with Crippen LogP contribution in [-0.4, -0.2) is 59.2 Å². The maximum Gasteiger partial charge on any atom is 0.346 e. The molecule has 0 aliphatic rings. The molecule has 0 amide bonds. The summed E-state index contributed by atoms with van der Waals surface area (Å²) in [5.74, 6) is -5.35. The Morgan fingerprint density at radius 2 is 1.52 bits per heavy atom. The Labute approximate surface area is 146 Å². The fourth-order valence-corrected chi connectivity index (χ4v) is 4.63. The quantitative estimate of drug-likeness (QED) is 0.154. The summed E-state index contributed by atoms with van der Waals surface area (Å²) in [5.41, 5.74) is 3.37. The maximum absolute atomic E-state index is 11.9. The molecule has 146 valence electrons. The zero-order valence-corrected chi connectivity index (χ0v) is 15.7. The third-order valence-corrected chi connectivity index (χ3v) is 6.13. The Balaban J connectivity index is 6.45. The first kappa shape index (κ1) is 24.2. The predicted molar refractivity (Wildman–Crippen MR) is 92.8 cm³/mol. The number of carboxylic acid groups (broad SMARTS) is 1. The fraction of sp³-hybridized carbons (Fsp3) is 0.615. The van der Waals surface area contributed by atoms with Crippen molar-refractivity contribution in [2.24, 2.45) is 5.73 Å². The van der Waals surface area contributed by atoms with Gasteiger partial charge in [-0.05, 0) is 32.7 Å². The topological polar surface area (TPSA) is 182 Å². The Kier molecular flexibility index (Phi) is 8.90. The van der Waals surface area contributed by atoms with Crippen LogP contribution in [0.15, 0.2) is 25.3 Å². The molecule has 10 nitrogen and oxygen atoms in total. The van der Waals surface area contributed by atoms with Gasteiger partial charge >= 0.3 is 21.2 Å². The van der Waals surface area contributed by atoms with Crippen molar-refractivity contribution in [1.82, 2.24) is 4.90 Å². The molecule has 0 rings (SSSR count). The molecule has 3 atom stereocenters. The predicted octanol–water partition coefficient (Wildman–Crippen LogP) is 0.640. The molecule has 7 N–H and O–H groups in total. The van der Waals surface area contributed by atoms with E-state index in [-0.39, 0.29) is 19.4 Å². The summed E-state index contributed by atoms with van der Waals surface area (Å²) in [5, 5.41) is 9.68. The minimum absolute atomic E-state index is 0.145. The number of carboxylic acids is 1. The van der Waals surface area contributed by atoms with Gasteiger partial charge in [-0.15, -0.1) is 13.2 Å². The van der Waals surface area contributed by atoms with E-state index in [0.717, 1.165) is 19.1 Å². The number of carbonyl (C=O) groups is 1. The molecule has 0 saturated carbocycles. The number of hydrogen-bond acceptors (Lipinski definition) is 5. The minimum Gasteiger partial charge on any atom is -0.480 e. The largest absolute Gasteiger partial charge is 0.480 e. The van der Waals surface area contributed by atoms with Gasteiger partial charge in [0.05, 0.1) is 0 Å². The summed E-state index contributed by atoms with van der Waals surface area (Å²) in [4.78, 5) is 50.8. The lowest BCUT2D eigenvalue weighted by atomic mass is 9.92. The zero-order chi connectivity index (χ0) is 20.1. The van der Waals surface area contributed by atoms with Gasteiger partial charge in [0.15, 0.2) is 0 Å². The van der Waals surface area contributed by atoms with Gasteiger partial charge in [0.1, 0.15) is 17.1 Å². The van der Waals surface area contributed by atoms with E-state index in [2.05, 4.69) is 13.2 Å². The van der Waals surface area contributed by atoms with E-state index in [0.29, 0.717) is 11.3 Å². The van der Waals surface area contributed by atoms with Crippen molar-refractivity contribution in [3.8, 4) is 0 Å². The van der Waals surface area contributed by atoms with E-state index in [1.165, 1.54) is 0 Å². The SMILES string of the molecule is C=CC(N(C(C=C)P(=O)(O)O)[C@@](C)(CCCCN)C(=O)O)P(=O)(O)O. The average Bonchev–Trinajstić information content (AvgIpc) is 2.44. The number of unbranched alkanes of at least 4 members (excludes halogenated alkanes) is 1. The molecular formula is C13H26N2O8P2. The third-order valence-electron chi connectivity index (χ3n) is 3.83. The number of hydrogen-bond donors (Lipinski definition) is 6. The van der Waals surface area contributed by atoms with E-state index in [1.807, 2.05) is 0 Å². The van der Waals surface area contributed by atoms with Crippen LogP contribution < -0.4 is 5.73 Å². The van der Waals surface area contributed by atoms with Crippen LogP contribution in [0.3, 0.4) is 0 Å².